The fourth-order valence-electron chi connectivity index (χ4n) is 1.53. The summed E-state index contributed by atoms with van der Waals surface area (Å²) in [6.07, 6.45) is 1.54. The average molecular weight is 242 g/mol. The maximum atomic E-state index is 13.4. The molecule has 0 N–H and O–H groups in total. The van der Waals surface area contributed by atoms with Crippen LogP contribution in [0.2, 0.25) is 0 Å². The van der Waals surface area contributed by atoms with Gasteiger partial charge in [0.05, 0.1) is 0 Å². The molecule has 0 radical (unpaired) electrons. The summed E-state index contributed by atoms with van der Waals surface area (Å²) in [5.74, 6) is -0.231. The third-order valence-electron chi connectivity index (χ3n) is 2.47. The van der Waals surface area contributed by atoms with Crippen molar-refractivity contribution in [3.05, 3.63) is 59.2 Å². The van der Waals surface area contributed by atoms with Gasteiger partial charge in [0, 0.05) is 11.8 Å². The predicted octanol–water partition coefficient (Wildman–Crippen LogP) is 2.98. The van der Waals surface area contributed by atoms with Crippen molar-refractivity contribution >= 4 is 0 Å². The van der Waals surface area contributed by atoms with Crippen LogP contribution in [0.15, 0.2) is 36.5 Å². The third kappa shape index (κ3) is 2.64. The summed E-state index contributed by atoms with van der Waals surface area (Å²) in [5.41, 5.74) is 1.85. The Balaban J connectivity index is 2.17. The number of pyridine rings is 1. The number of hydrogen-bond donors (Lipinski definition) is 0. The van der Waals surface area contributed by atoms with Gasteiger partial charge in [-0.3, -0.25) is 0 Å². The monoisotopic (exact) mass is 242 g/mol. The zero-order chi connectivity index (χ0) is 13.0. The molecule has 0 atom stereocenters. The van der Waals surface area contributed by atoms with Crippen molar-refractivity contribution in [1.29, 1.82) is 5.26 Å². The standard InChI is InChI=1S/C14H11FN2O/c1-10-4-5-12(15)14(7-10)18-9-11-3-2-6-17-13(11)8-16/h2-7H,9H2,1H3. The van der Waals surface area contributed by atoms with Crippen molar-refractivity contribution in [2.24, 2.45) is 0 Å². The Morgan fingerprint density at radius 1 is 1.39 bits per heavy atom. The summed E-state index contributed by atoms with van der Waals surface area (Å²) in [5, 5.41) is 8.87. The quantitative estimate of drug-likeness (QED) is 0.831. The van der Waals surface area contributed by atoms with Gasteiger partial charge in [0.2, 0.25) is 0 Å². The van der Waals surface area contributed by atoms with Crippen LogP contribution in [-0.2, 0) is 6.61 Å². The van der Waals surface area contributed by atoms with Gasteiger partial charge in [0.15, 0.2) is 11.6 Å². The van der Waals surface area contributed by atoms with E-state index in [-0.39, 0.29) is 12.4 Å². The summed E-state index contributed by atoms with van der Waals surface area (Å²) in [7, 11) is 0. The van der Waals surface area contributed by atoms with E-state index in [1.165, 1.54) is 12.3 Å². The smallest absolute Gasteiger partial charge is 0.165 e. The highest BCUT2D eigenvalue weighted by atomic mass is 19.1. The van der Waals surface area contributed by atoms with Gasteiger partial charge in [-0.2, -0.15) is 5.26 Å². The van der Waals surface area contributed by atoms with Crippen LogP contribution >= 0.6 is 0 Å². The molecule has 0 spiro atoms. The Hall–Kier alpha value is -2.41. The van der Waals surface area contributed by atoms with E-state index in [0.717, 1.165) is 5.56 Å². The molecule has 0 unspecified atom stereocenters. The van der Waals surface area contributed by atoms with Crippen LogP contribution < -0.4 is 4.74 Å². The number of aryl methyl sites for hydroxylation is 1. The van der Waals surface area contributed by atoms with E-state index >= 15 is 0 Å². The Morgan fingerprint density at radius 2 is 2.22 bits per heavy atom. The molecule has 18 heavy (non-hydrogen) atoms. The highest BCUT2D eigenvalue weighted by Gasteiger charge is 2.06. The van der Waals surface area contributed by atoms with Gasteiger partial charge < -0.3 is 4.74 Å². The number of halogens is 1. The normalized spacial score (nSPS) is 9.83. The number of aromatic nitrogens is 1. The van der Waals surface area contributed by atoms with E-state index in [0.29, 0.717) is 11.3 Å². The molecule has 1 aromatic heterocycles. The second-order valence-electron chi connectivity index (χ2n) is 3.85. The second-order valence-corrected chi connectivity index (χ2v) is 3.85. The van der Waals surface area contributed by atoms with Gasteiger partial charge in [0.1, 0.15) is 18.4 Å². The molecule has 0 saturated heterocycles. The summed E-state index contributed by atoms with van der Waals surface area (Å²) >= 11 is 0. The van der Waals surface area contributed by atoms with Crippen molar-refractivity contribution in [1.82, 2.24) is 4.98 Å². The van der Waals surface area contributed by atoms with Crippen LogP contribution in [0, 0.1) is 24.1 Å². The zero-order valence-corrected chi connectivity index (χ0v) is 9.85. The molecule has 2 rings (SSSR count). The Labute approximate surface area is 104 Å². The lowest BCUT2D eigenvalue weighted by atomic mass is 10.2. The summed E-state index contributed by atoms with van der Waals surface area (Å²) in [6.45, 7) is 1.98. The van der Waals surface area contributed by atoms with Gasteiger partial charge in [-0.1, -0.05) is 12.1 Å². The predicted molar refractivity (Wildman–Crippen MR) is 64.4 cm³/mol. The van der Waals surface area contributed by atoms with Crippen molar-refractivity contribution in [3.8, 4) is 11.8 Å². The summed E-state index contributed by atoms with van der Waals surface area (Å²) in [6, 6.07) is 10.1. The second kappa shape index (κ2) is 5.28. The number of benzene rings is 1. The number of nitriles is 1. The van der Waals surface area contributed by atoms with Crippen molar-refractivity contribution < 1.29 is 9.13 Å². The van der Waals surface area contributed by atoms with Crippen molar-refractivity contribution in [2.45, 2.75) is 13.5 Å². The Kier molecular flexibility index (Phi) is 3.54. The minimum atomic E-state index is -0.414. The van der Waals surface area contributed by atoms with Gasteiger partial charge >= 0.3 is 0 Å². The van der Waals surface area contributed by atoms with Crippen LogP contribution in [0.1, 0.15) is 16.8 Å². The fourth-order valence-corrected chi connectivity index (χ4v) is 1.53. The van der Waals surface area contributed by atoms with Crippen LogP contribution in [0.3, 0.4) is 0 Å². The van der Waals surface area contributed by atoms with Gasteiger partial charge in [-0.15, -0.1) is 0 Å². The molecule has 4 heteroatoms. The zero-order valence-electron chi connectivity index (χ0n) is 9.85. The molecule has 0 aliphatic heterocycles. The first-order chi connectivity index (χ1) is 8.70. The molecule has 0 bridgehead atoms. The summed E-state index contributed by atoms with van der Waals surface area (Å²) in [4.78, 5) is 3.91. The number of nitrogens with zero attached hydrogens (tertiary/aromatic N) is 2. The first kappa shape index (κ1) is 12.1. The molecule has 0 aliphatic rings. The first-order valence-electron chi connectivity index (χ1n) is 5.43. The lowest BCUT2D eigenvalue weighted by Crippen LogP contribution is -2.01. The van der Waals surface area contributed by atoms with Gasteiger partial charge in [0.25, 0.3) is 0 Å². The van der Waals surface area contributed by atoms with Crippen LogP contribution in [0.25, 0.3) is 0 Å². The fraction of sp³-hybridized carbons (Fsp3) is 0.143. The Bertz CT molecular complexity index is 605. The molecule has 1 aromatic carbocycles. The molecular formula is C14H11FN2O. The van der Waals surface area contributed by atoms with E-state index in [9.17, 15) is 4.39 Å². The van der Waals surface area contributed by atoms with E-state index in [1.807, 2.05) is 13.0 Å². The molecule has 90 valence electrons. The number of rotatable bonds is 3. The third-order valence-corrected chi connectivity index (χ3v) is 2.47. The van der Waals surface area contributed by atoms with E-state index < -0.39 is 5.82 Å². The van der Waals surface area contributed by atoms with Crippen LogP contribution in [0.5, 0.6) is 5.75 Å². The lowest BCUT2D eigenvalue weighted by Gasteiger charge is -2.08. The summed E-state index contributed by atoms with van der Waals surface area (Å²) < 4.78 is 18.8. The Morgan fingerprint density at radius 3 is 3.00 bits per heavy atom. The topological polar surface area (TPSA) is 45.9 Å². The lowest BCUT2D eigenvalue weighted by molar-refractivity contribution is 0.289. The minimum Gasteiger partial charge on any atom is -0.486 e. The molecule has 0 aliphatic carbocycles. The number of ether oxygens (including phenoxy) is 1. The molecular weight excluding hydrogens is 231 g/mol. The van der Waals surface area contributed by atoms with Gasteiger partial charge in [-0.25, -0.2) is 9.37 Å². The first-order valence-corrected chi connectivity index (χ1v) is 5.43. The largest absolute Gasteiger partial charge is 0.486 e. The van der Waals surface area contributed by atoms with E-state index in [1.54, 1.807) is 24.3 Å². The maximum Gasteiger partial charge on any atom is 0.165 e. The van der Waals surface area contributed by atoms with E-state index in [4.69, 9.17) is 10.00 Å². The van der Waals surface area contributed by atoms with Crippen LogP contribution in [-0.4, -0.2) is 4.98 Å². The maximum absolute atomic E-state index is 13.4. The highest BCUT2D eigenvalue weighted by molar-refractivity contribution is 5.32. The molecule has 1 heterocycles. The average Bonchev–Trinajstić information content (AvgIpc) is 2.40. The molecule has 0 fully saturated rings. The van der Waals surface area contributed by atoms with Crippen molar-refractivity contribution in [3.63, 3.8) is 0 Å². The number of hydrogen-bond acceptors (Lipinski definition) is 3. The van der Waals surface area contributed by atoms with E-state index in [2.05, 4.69) is 4.98 Å². The SMILES string of the molecule is Cc1ccc(F)c(OCc2cccnc2C#N)c1. The van der Waals surface area contributed by atoms with Crippen LogP contribution in [0.4, 0.5) is 4.39 Å². The molecule has 0 saturated carbocycles. The minimum absolute atomic E-state index is 0.122. The highest BCUT2D eigenvalue weighted by Crippen LogP contribution is 2.20. The molecule has 2 aromatic rings. The van der Waals surface area contributed by atoms with Crippen molar-refractivity contribution in [2.75, 3.05) is 0 Å². The molecule has 3 nitrogen and oxygen atoms in total. The van der Waals surface area contributed by atoms with Gasteiger partial charge in [-0.05, 0) is 30.7 Å². The molecule has 0 amide bonds.